The molecule has 1 aromatic rings. The SMILES string of the molecule is Oc1cc(Cl)c(OCCCCCOCC=C(Cl)Cl)c(Cl)c1. The third kappa shape index (κ3) is 8.03. The number of hydrogen-bond donors (Lipinski definition) is 1. The summed E-state index contributed by atoms with van der Waals surface area (Å²) >= 11 is 22.8. The Morgan fingerprint density at radius 3 is 2.29 bits per heavy atom. The van der Waals surface area contributed by atoms with E-state index in [1.165, 1.54) is 12.1 Å². The van der Waals surface area contributed by atoms with Gasteiger partial charge in [0.25, 0.3) is 0 Å². The molecule has 0 fully saturated rings. The van der Waals surface area contributed by atoms with Crippen LogP contribution in [0, 0.1) is 0 Å². The zero-order valence-corrected chi connectivity index (χ0v) is 14.3. The highest BCUT2D eigenvalue weighted by molar-refractivity contribution is 6.55. The van der Waals surface area contributed by atoms with E-state index in [-0.39, 0.29) is 10.2 Å². The maximum atomic E-state index is 9.31. The molecule has 118 valence electrons. The Morgan fingerprint density at radius 1 is 1.05 bits per heavy atom. The Hall–Kier alpha value is -0.320. The van der Waals surface area contributed by atoms with E-state index in [1.54, 1.807) is 6.08 Å². The van der Waals surface area contributed by atoms with Gasteiger partial charge in [0.2, 0.25) is 0 Å². The van der Waals surface area contributed by atoms with Crippen molar-refractivity contribution < 1.29 is 14.6 Å². The van der Waals surface area contributed by atoms with Crippen molar-refractivity contribution in [1.82, 2.24) is 0 Å². The van der Waals surface area contributed by atoms with Crippen molar-refractivity contribution in [3.8, 4) is 11.5 Å². The molecule has 0 aliphatic heterocycles. The van der Waals surface area contributed by atoms with Crippen LogP contribution >= 0.6 is 46.4 Å². The predicted octanol–water partition coefficient (Wildman–Crippen LogP) is 5.58. The van der Waals surface area contributed by atoms with Gasteiger partial charge in [-0.05, 0) is 25.3 Å². The minimum Gasteiger partial charge on any atom is -0.508 e. The van der Waals surface area contributed by atoms with E-state index in [4.69, 9.17) is 55.9 Å². The molecule has 0 saturated carbocycles. The third-order valence-corrected chi connectivity index (χ3v) is 3.39. The van der Waals surface area contributed by atoms with Crippen molar-refractivity contribution in [2.45, 2.75) is 19.3 Å². The Bertz CT molecular complexity index is 450. The van der Waals surface area contributed by atoms with Gasteiger partial charge in [-0.1, -0.05) is 46.4 Å². The molecular formula is C14H16Cl4O3. The van der Waals surface area contributed by atoms with Crippen LogP contribution in [0.4, 0.5) is 0 Å². The van der Waals surface area contributed by atoms with E-state index in [1.807, 2.05) is 0 Å². The lowest BCUT2D eigenvalue weighted by Crippen LogP contribution is -2.00. The summed E-state index contributed by atoms with van der Waals surface area (Å²) in [7, 11) is 0. The van der Waals surface area contributed by atoms with E-state index in [2.05, 4.69) is 0 Å². The fraction of sp³-hybridized carbons (Fsp3) is 0.429. The number of unbranched alkanes of at least 4 members (excludes halogenated alkanes) is 2. The minimum absolute atomic E-state index is 0.0144. The quantitative estimate of drug-likeness (QED) is 0.574. The Balaban J connectivity index is 2.14. The van der Waals surface area contributed by atoms with Crippen LogP contribution in [0.2, 0.25) is 10.0 Å². The van der Waals surface area contributed by atoms with Crippen LogP contribution in [0.5, 0.6) is 11.5 Å². The molecule has 0 saturated heterocycles. The molecule has 3 nitrogen and oxygen atoms in total. The fourth-order valence-electron chi connectivity index (χ4n) is 1.55. The second-order valence-corrected chi connectivity index (χ2v) is 6.04. The first-order valence-corrected chi connectivity index (χ1v) is 7.91. The molecule has 0 aliphatic carbocycles. The number of phenols is 1. The molecule has 1 aromatic carbocycles. The van der Waals surface area contributed by atoms with Crippen LogP contribution in [0.25, 0.3) is 0 Å². The van der Waals surface area contributed by atoms with Crippen LogP contribution in [0.3, 0.4) is 0 Å². The first kappa shape index (κ1) is 18.7. The van der Waals surface area contributed by atoms with Crippen molar-refractivity contribution in [1.29, 1.82) is 0 Å². The van der Waals surface area contributed by atoms with Crippen molar-refractivity contribution >= 4 is 46.4 Å². The van der Waals surface area contributed by atoms with E-state index in [0.29, 0.717) is 35.6 Å². The molecule has 0 atom stereocenters. The first-order chi connectivity index (χ1) is 10.0. The van der Waals surface area contributed by atoms with Crippen molar-refractivity contribution in [2.24, 2.45) is 0 Å². The summed E-state index contributed by atoms with van der Waals surface area (Å²) in [4.78, 5) is 0. The molecule has 1 N–H and O–H groups in total. The summed E-state index contributed by atoms with van der Waals surface area (Å²) in [6.45, 7) is 1.55. The first-order valence-electron chi connectivity index (χ1n) is 6.40. The second kappa shape index (κ2) is 10.4. The second-order valence-electron chi connectivity index (χ2n) is 4.22. The van der Waals surface area contributed by atoms with Gasteiger partial charge >= 0.3 is 0 Å². The average Bonchev–Trinajstić information content (AvgIpc) is 2.38. The molecule has 0 unspecified atom stereocenters. The van der Waals surface area contributed by atoms with Crippen LogP contribution in [-0.4, -0.2) is 24.9 Å². The standard InChI is InChI=1S/C14H16Cl4O3/c15-11-8-10(19)9-12(16)14(11)21-6-3-1-2-5-20-7-4-13(17)18/h4,8-9,19H,1-3,5-7H2. The van der Waals surface area contributed by atoms with Crippen molar-refractivity contribution in [3.05, 3.63) is 32.7 Å². The molecule has 0 aliphatic rings. The average molecular weight is 374 g/mol. The lowest BCUT2D eigenvalue weighted by atomic mass is 10.2. The monoisotopic (exact) mass is 372 g/mol. The number of hydrogen-bond acceptors (Lipinski definition) is 3. The zero-order chi connectivity index (χ0) is 15.7. The summed E-state index contributed by atoms with van der Waals surface area (Å²) in [6, 6.07) is 2.79. The Morgan fingerprint density at radius 2 is 1.67 bits per heavy atom. The van der Waals surface area contributed by atoms with Gasteiger partial charge in [-0.2, -0.15) is 0 Å². The van der Waals surface area contributed by atoms with Gasteiger partial charge in [0, 0.05) is 18.7 Å². The Labute approximate surface area is 144 Å². The molecule has 0 spiro atoms. The lowest BCUT2D eigenvalue weighted by Gasteiger charge is -2.10. The molecular weight excluding hydrogens is 358 g/mol. The van der Waals surface area contributed by atoms with Gasteiger partial charge < -0.3 is 14.6 Å². The summed E-state index contributed by atoms with van der Waals surface area (Å²) in [5, 5.41) is 9.90. The molecule has 21 heavy (non-hydrogen) atoms. The lowest BCUT2D eigenvalue weighted by molar-refractivity contribution is 0.155. The van der Waals surface area contributed by atoms with Gasteiger partial charge in [-0.15, -0.1) is 0 Å². The highest BCUT2D eigenvalue weighted by atomic mass is 35.5. The van der Waals surface area contributed by atoms with E-state index in [0.717, 1.165) is 19.3 Å². The topological polar surface area (TPSA) is 38.7 Å². The predicted molar refractivity (Wildman–Crippen MR) is 88.1 cm³/mol. The number of aromatic hydroxyl groups is 1. The summed E-state index contributed by atoms with van der Waals surface area (Å²) in [6.07, 6.45) is 4.31. The largest absolute Gasteiger partial charge is 0.508 e. The van der Waals surface area contributed by atoms with Gasteiger partial charge in [0.15, 0.2) is 5.75 Å². The fourth-order valence-corrected chi connectivity index (χ4v) is 2.26. The number of benzene rings is 1. The maximum absolute atomic E-state index is 9.31. The molecule has 7 heteroatoms. The minimum atomic E-state index is 0.0144. The molecule has 0 bridgehead atoms. The van der Waals surface area contributed by atoms with Crippen LogP contribution < -0.4 is 4.74 Å². The highest BCUT2D eigenvalue weighted by Gasteiger charge is 2.09. The van der Waals surface area contributed by atoms with E-state index >= 15 is 0 Å². The van der Waals surface area contributed by atoms with Crippen molar-refractivity contribution in [2.75, 3.05) is 19.8 Å². The Kier molecular flexibility index (Phi) is 9.29. The number of halogens is 4. The normalized spacial score (nSPS) is 10.5. The van der Waals surface area contributed by atoms with E-state index < -0.39 is 0 Å². The smallest absolute Gasteiger partial charge is 0.156 e. The van der Waals surface area contributed by atoms with E-state index in [9.17, 15) is 5.11 Å². The molecule has 0 radical (unpaired) electrons. The summed E-state index contributed by atoms with van der Waals surface area (Å²) in [5.41, 5.74) is 0. The van der Waals surface area contributed by atoms with Crippen LogP contribution in [0.1, 0.15) is 19.3 Å². The zero-order valence-electron chi connectivity index (χ0n) is 11.3. The molecule has 0 amide bonds. The maximum Gasteiger partial charge on any atom is 0.156 e. The molecule has 0 heterocycles. The van der Waals surface area contributed by atoms with Crippen LogP contribution in [0.15, 0.2) is 22.7 Å². The summed E-state index contributed by atoms with van der Waals surface area (Å²) in [5.74, 6) is 0.412. The third-order valence-electron chi connectivity index (χ3n) is 2.52. The molecule has 1 rings (SSSR count). The highest BCUT2D eigenvalue weighted by Crippen LogP contribution is 2.36. The summed E-state index contributed by atoms with van der Waals surface area (Å²) < 4.78 is 11.0. The number of rotatable bonds is 9. The van der Waals surface area contributed by atoms with Crippen molar-refractivity contribution in [3.63, 3.8) is 0 Å². The van der Waals surface area contributed by atoms with Gasteiger partial charge in [-0.25, -0.2) is 0 Å². The molecule has 0 aromatic heterocycles. The van der Waals surface area contributed by atoms with Gasteiger partial charge in [0.1, 0.15) is 10.2 Å². The number of ether oxygens (including phenoxy) is 2. The van der Waals surface area contributed by atoms with Gasteiger partial charge in [0.05, 0.1) is 23.3 Å². The number of phenolic OH excluding ortho intramolecular Hbond substituents is 1. The van der Waals surface area contributed by atoms with Crippen LogP contribution in [-0.2, 0) is 4.74 Å². The van der Waals surface area contributed by atoms with Gasteiger partial charge in [-0.3, -0.25) is 0 Å².